The van der Waals surface area contributed by atoms with Gasteiger partial charge in [0, 0.05) is 31.9 Å². The second kappa shape index (κ2) is 10.5. The molecule has 9 heteroatoms. The molecule has 2 N–H and O–H groups in total. The van der Waals surface area contributed by atoms with E-state index in [1.54, 1.807) is 0 Å². The Morgan fingerprint density at radius 1 is 1.08 bits per heavy atom. The maximum atomic E-state index is 4.75. The van der Waals surface area contributed by atoms with Gasteiger partial charge in [-0.2, -0.15) is 5.10 Å². The lowest BCUT2D eigenvalue weighted by Crippen LogP contribution is -2.37. The quantitative estimate of drug-likeness (QED) is 0.364. The lowest BCUT2D eigenvalue weighted by atomic mass is 10.1. The lowest BCUT2D eigenvalue weighted by Gasteiger charge is -2.11. The molecule has 2 heterocycles. The van der Waals surface area contributed by atoms with Gasteiger partial charge in [-0.3, -0.25) is 4.68 Å². The van der Waals surface area contributed by atoms with E-state index in [9.17, 15) is 0 Å². The molecule has 0 bridgehead atoms. The van der Waals surface area contributed by atoms with E-state index in [1.165, 1.54) is 11.3 Å². The van der Waals surface area contributed by atoms with Gasteiger partial charge in [0.1, 0.15) is 5.82 Å². The first kappa shape index (κ1) is 22.4. The molecule has 0 fully saturated rings. The van der Waals surface area contributed by atoms with E-state index in [-0.39, 0.29) is 24.0 Å². The van der Waals surface area contributed by atoms with E-state index in [1.807, 2.05) is 30.3 Å². The van der Waals surface area contributed by atoms with Crippen molar-refractivity contribution in [2.45, 2.75) is 53.6 Å². The number of nitrogens with one attached hydrogen (secondary N) is 2. The zero-order valence-corrected chi connectivity index (χ0v) is 19.0. The van der Waals surface area contributed by atoms with Crippen molar-refractivity contribution in [1.82, 2.24) is 35.2 Å². The van der Waals surface area contributed by atoms with E-state index in [0.717, 1.165) is 42.7 Å². The topological polar surface area (TPSA) is 84.9 Å². The highest BCUT2D eigenvalue weighted by Gasteiger charge is 2.13. The number of hydrogen-bond donors (Lipinski definition) is 2. The van der Waals surface area contributed by atoms with E-state index >= 15 is 0 Å². The monoisotopic (exact) mass is 474 g/mol. The molecule has 0 amide bonds. The van der Waals surface area contributed by atoms with Crippen molar-refractivity contribution in [3.8, 4) is 0 Å². The predicted molar refractivity (Wildman–Crippen MR) is 115 cm³/mol. The van der Waals surface area contributed by atoms with Gasteiger partial charge >= 0.3 is 0 Å². The second-order valence-corrected chi connectivity index (χ2v) is 5.97. The number of aromatic nitrogens is 5. The number of hydrogen-bond acceptors (Lipinski definition) is 4. The Kier molecular flexibility index (Phi) is 9.03. The van der Waals surface area contributed by atoms with Crippen molar-refractivity contribution < 1.29 is 0 Å². The molecule has 0 aliphatic rings. The van der Waals surface area contributed by atoms with E-state index in [2.05, 4.69) is 46.7 Å². The summed E-state index contributed by atoms with van der Waals surface area (Å²) in [6.45, 7) is 10.3. The zero-order valence-electron chi connectivity index (χ0n) is 16.6. The molecule has 0 spiro atoms. The summed E-state index contributed by atoms with van der Waals surface area (Å²) >= 11 is 0. The highest BCUT2D eigenvalue weighted by molar-refractivity contribution is 14.0. The number of guanidine groups is 1. The Balaban J connectivity index is 0.00000338. The minimum atomic E-state index is 0. The van der Waals surface area contributed by atoms with Crippen molar-refractivity contribution in [2.75, 3.05) is 6.54 Å². The van der Waals surface area contributed by atoms with Crippen molar-refractivity contribution in [3.63, 3.8) is 0 Å². The number of nitrogens with zero attached hydrogens (tertiary/aromatic N) is 6. The van der Waals surface area contributed by atoms with E-state index in [0.29, 0.717) is 13.1 Å². The average Bonchev–Trinajstić information content (AvgIpc) is 3.09. The van der Waals surface area contributed by atoms with Crippen LogP contribution in [0, 0.1) is 6.92 Å². The molecule has 0 aliphatic heterocycles. The summed E-state index contributed by atoms with van der Waals surface area (Å²) < 4.78 is 3.95. The third-order valence-corrected chi connectivity index (χ3v) is 4.36. The Morgan fingerprint density at radius 2 is 1.81 bits per heavy atom. The Labute approximate surface area is 172 Å². The predicted octanol–water partition coefficient (Wildman–Crippen LogP) is 1.86. The molecule has 0 aliphatic carbocycles. The summed E-state index contributed by atoms with van der Waals surface area (Å²) in [5.41, 5.74) is 3.61. The van der Waals surface area contributed by atoms with Gasteiger partial charge in [0.15, 0.2) is 11.8 Å². The summed E-state index contributed by atoms with van der Waals surface area (Å²) in [5, 5.41) is 19.5. The van der Waals surface area contributed by atoms with Gasteiger partial charge in [-0.25, -0.2) is 4.99 Å². The van der Waals surface area contributed by atoms with Crippen molar-refractivity contribution in [3.05, 3.63) is 28.6 Å². The highest BCUT2D eigenvalue weighted by Crippen LogP contribution is 2.16. The fourth-order valence-corrected chi connectivity index (χ4v) is 2.84. The summed E-state index contributed by atoms with van der Waals surface area (Å²) in [6, 6.07) is 0. The van der Waals surface area contributed by atoms with Gasteiger partial charge in [0.2, 0.25) is 0 Å². The van der Waals surface area contributed by atoms with Crippen LogP contribution in [0.25, 0.3) is 0 Å². The van der Waals surface area contributed by atoms with Crippen LogP contribution in [0.5, 0.6) is 0 Å². The molecule has 8 nitrogen and oxygen atoms in total. The SMILES string of the molecule is CCNC(=NCc1c(CC)nn(C)c1CC)NCc1nnc(C)n1C.I. The van der Waals surface area contributed by atoms with Gasteiger partial charge in [0.25, 0.3) is 0 Å². The maximum Gasteiger partial charge on any atom is 0.191 e. The van der Waals surface area contributed by atoms with Crippen LogP contribution in [0.4, 0.5) is 0 Å². The van der Waals surface area contributed by atoms with Crippen LogP contribution in [-0.4, -0.2) is 37.0 Å². The molecule has 0 aromatic carbocycles. The first-order valence-electron chi connectivity index (χ1n) is 8.92. The molecule has 2 aromatic heterocycles. The maximum absolute atomic E-state index is 4.75. The molecular weight excluding hydrogens is 443 g/mol. The first-order chi connectivity index (χ1) is 12.0. The van der Waals surface area contributed by atoms with Gasteiger partial charge in [0.05, 0.1) is 18.8 Å². The smallest absolute Gasteiger partial charge is 0.191 e. The van der Waals surface area contributed by atoms with Crippen LogP contribution >= 0.6 is 24.0 Å². The van der Waals surface area contributed by atoms with Crippen LogP contribution in [0.3, 0.4) is 0 Å². The molecular formula is C17H31IN8. The second-order valence-electron chi connectivity index (χ2n) is 5.97. The Morgan fingerprint density at radius 3 is 2.35 bits per heavy atom. The van der Waals surface area contributed by atoms with Crippen molar-refractivity contribution in [1.29, 1.82) is 0 Å². The van der Waals surface area contributed by atoms with Crippen LogP contribution in [0.1, 0.15) is 49.4 Å². The van der Waals surface area contributed by atoms with Crippen LogP contribution in [-0.2, 0) is 40.0 Å². The average molecular weight is 474 g/mol. The molecule has 0 saturated heterocycles. The van der Waals surface area contributed by atoms with Crippen molar-refractivity contribution in [2.24, 2.45) is 19.1 Å². The molecule has 2 rings (SSSR count). The van der Waals surface area contributed by atoms with Gasteiger partial charge < -0.3 is 15.2 Å². The van der Waals surface area contributed by atoms with Crippen LogP contribution in [0.2, 0.25) is 0 Å². The third-order valence-electron chi connectivity index (χ3n) is 4.36. The number of rotatable bonds is 7. The number of halogens is 1. The highest BCUT2D eigenvalue weighted by atomic mass is 127. The third kappa shape index (κ3) is 5.18. The number of aryl methyl sites for hydroxylation is 3. The van der Waals surface area contributed by atoms with E-state index < -0.39 is 0 Å². The van der Waals surface area contributed by atoms with Crippen LogP contribution < -0.4 is 10.6 Å². The van der Waals surface area contributed by atoms with Gasteiger partial charge in [-0.15, -0.1) is 34.2 Å². The Bertz CT molecular complexity index is 731. The zero-order chi connectivity index (χ0) is 18.4. The summed E-state index contributed by atoms with van der Waals surface area (Å²) in [7, 11) is 3.97. The summed E-state index contributed by atoms with van der Waals surface area (Å²) in [6.07, 6.45) is 1.87. The van der Waals surface area contributed by atoms with Crippen molar-refractivity contribution >= 4 is 29.9 Å². The molecule has 2 aromatic rings. The lowest BCUT2D eigenvalue weighted by molar-refractivity contribution is 0.703. The molecule has 146 valence electrons. The number of aliphatic imine (C=N–C) groups is 1. The largest absolute Gasteiger partial charge is 0.357 e. The van der Waals surface area contributed by atoms with Crippen LogP contribution in [0.15, 0.2) is 4.99 Å². The molecule has 0 atom stereocenters. The first-order valence-corrected chi connectivity index (χ1v) is 8.92. The standard InChI is InChI=1S/C17H30N8.HI/c1-7-14-13(15(8-2)25(6)23-14)10-19-17(18-9-3)20-11-16-22-21-12(4)24(16)5;/h7-11H2,1-6H3,(H2,18,19,20);1H. The normalized spacial score (nSPS) is 11.4. The van der Waals surface area contributed by atoms with Gasteiger partial charge in [-0.05, 0) is 26.7 Å². The summed E-state index contributed by atoms with van der Waals surface area (Å²) in [4.78, 5) is 4.75. The minimum Gasteiger partial charge on any atom is -0.357 e. The minimum absolute atomic E-state index is 0. The van der Waals surface area contributed by atoms with Gasteiger partial charge in [-0.1, -0.05) is 13.8 Å². The fourth-order valence-electron chi connectivity index (χ4n) is 2.84. The molecule has 0 unspecified atom stereocenters. The summed E-state index contributed by atoms with van der Waals surface area (Å²) in [5.74, 6) is 2.55. The van der Waals surface area contributed by atoms with E-state index in [4.69, 9.17) is 4.99 Å². The molecule has 0 radical (unpaired) electrons. The molecule has 0 saturated carbocycles. The molecule has 26 heavy (non-hydrogen) atoms. The fraction of sp³-hybridized carbons (Fsp3) is 0.647. The Hall–Kier alpha value is -1.65.